The van der Waals surface area contributed by atoms with Crippen LogP contribution in [0.5, 0.6) is 5.75 Å². The van der Waals surface area contributed by atoms with Crippen LogP contribution >= 0.6 is 11.8 Å². The van der Waals surface area contributed by atoms with Crippen LogP contribution < -0.4 is 4.74 Å². The van der Waals surface area contributed by atoms with E-state index in [1.807, 2.05) is 18.3 Å². The number of rotatable bonds is 5. The van der Waals surface area contributed by atoms with Crippen LogP contribution in [0.2, 0.25) is 0 Å². The zero-order valence-corrected chi connectivity index (χ0v) is 11.8. The van der Waals surface area contributed by atoms with Gasteiger partial charge in [-0.25, -0.2) is 4.98 Å². The maximum absolute atomic E-state index is 5.18. The normalized spacial score (nSPS) is 10.6. The summed E-state index contributed by atoms with van der Waals surface area (Å²) in [7, 11) is 1.68. The average Bonchev–Trinajstić information content (AvgIpc) is 2.82. The lowest BCUT2D eigenvalue weighted by Crippen LogP contribution is -2.00. The summed E-state index contributed by atoms with van der Waals surface area (Å²) < 4.78 is 7.45. The predicted octanol–water partition coefficient (Wildman–Crippen LogP) is 3.69. The maximum Gasteiger partial charge on any atom is 0.168 e. The Balaban J connectivity index is 2.39. The first kappa shape index (κ1) is 13.0. The van der Waals surface area contributed by atoms with Crippen molar-refractivity contribution in [2.24, 2.45) is 0 Å². The van der Waals surface area contributed by atoms with E-state index in [2.05, 4.69) is 34.9 Å². The van der Waals surface area contributed by atoms with E-state index in [0.717, 1.165) is 23.9 Å². The molecule has 2 aromatic rings. The zero-order chi connectivity index (χ0) is 13.0. The number of benzene rings is 1. The van der Waals surface area contributed by atoms with Gasteiger partial charge in [-0.15, -0.1) is 0 Å². The molecule has 0 fully saturated rings. The summed E-state index contributed by atoms with van der Waals surface area (Å²) in [5.74, 6) is 0.880. The van der Waals surface area contributed by atoms with E-state index < -0.39 is 0 Å². The Hall–Kier alpha value is -1.42. The van der Waals surface area contributed by atoms with Gasteiger partial charge < -0.3 is 9.30 Å². The molecule has 0 amide bonds. The van der Waals surface area contributed by atoms with Crippen molar-refractivity contribution < 1.29 is 4.74 Å². The number of methoxy groups -OCH3 is 1. The molecule has 0 spiro atoms. The van der Waals surface area contributed by atoms with Crippen molar-refractivity contribution in [3.8, 4) is 17.0 Å². The fourth-order valence-corrected chi connectivity index (χ4v) is 2.52. The molecule has 0 aliphatic rings. The van der Waals surface area contributed by atoms with Crippen LogP contribution in [0.1, 0.15) is 13.3 Å². The maximum atomic E-state index is 5.18. The molecular formula is C14H18N2OS. The first-order valence-corrected chi connectivity index (χ1v) is 7.26. The molecule has 0 aliphatic carbocycles. The average molecular weight is 262 g/mol. The fourth-order valence-electron chi connectivity index (χ4n) is 1.95. The molecule has 96 valence electrons. The van der Waals surface area contributed by atoms with E-state index >= 15 is 0 Å². The lowest BCUT2D eigenvalue weighted by atomic mass is 10.1. The largest absolute Gasteiger partial charge is 0.497 e. The fraction of sp³-hybridized carbons (Fsp3) is 0.357. The van der Waals surface area contributed by atoms with Gasteiger partial charge in [-0.1, -0.05) is 18.7 Å². The number of imidazole rings is 1. The number of thioether (sulfide) groups is 1. The van der Waals surface area contributed by atoms with Gasteiger partial charge in [0.1, 0.15) is 5.75 Å². The molecule has 3 nitrogen and oxygen atoms in total. The third-order valence-electron chi connectivity index (χ3n) is 2.83. The second-order valence-corrected chi connectivity index (χ2v) is 4.78. The van der Waals surface area contributed by atoms with E-state index in [9.17, 15) is 0 Å². The highest BCUT2D eigenvalue weighted by atomic mass is 32.2. The summed E-state index contributed by atoms with van der Waals surface area (Å²) in [5.41, 5.74) is 2.35. The lowest BCUT2D eigenvalue weighted by molar-refractivity contribution is 0.415. The Morgan fingerprint density at radius 3 is 2.56 bits per heavy atom. The van der Waals surface area contributed by atoms with Gasteiger partial charge in [0.15, 0.2) is 5.16 Å². The standard InChI is InChI=1S/C14H18N2OS/c1-4-9-16-13(10-15-14(16)18-3)11-5-7-12(17-2)8-6-11/h5-8,10H,4,9H2,1-3H3. The van der Waals surface area contributed by atoms with Crippen molar-refractivity contribution in [3.63, 3.8) is 0 Å². The zero-order valence-electron chi connectivity index (χ0n) is 11.0. The number of ether oxygens (including phenoxy) is 1. The molecule has 2 rings (SSSR count). The molecule has 0 N–H and O–H groups in total. The van der Waals surface area contributed by atoms with Crippen LogP contribution in [-0.2, 0) is 6.54 Å². The molecule has 4 heteroatoms. The van der Waals surface area contributed by atoms with E-state index in [4.69, 9.17) is 4.74 Å². The summed E-state index contributed by atoms with van der Waals surface area (Å²) in [6, 6.07) is 8.12. The van der Waals surface area contributed by atoms with Crippen LogP contribution in [0.3, 0.4) is 0 Å². The molecule has 0 aliphatic heterocycles. The van der Waals surface area contributed by atoms with Crippen molar-refractivity contribution in [2.45, 2.75) is 25.0 Å². The first-order valence-electron chi connectivity index (χ1n) is 6.04. The molecule has 0 saturated carbocycles. The summed E-state index contributed by atoms with van der Waals surface area (Å²) in [6.45, 7) is 3.18. The van der Waals surface area contributed by atoms with Crippen LogP contribution in [-0.4, -0.2) is 22.9 Å². The second kappa shape index (κ2) is 5.96. The van der Waals surface area contributed by atoms with E-state index in [0.29, 0.717) is 0 Å². The Morgan fingerprint density at radius 1 is 1.28 bits per heavy atom. The molecule has 1 aromatic heterocycles. The minimum atomic E-state index is 0.880. The smallest absolute Gasteiger partial charge is 0.168 e. The topological polar surface area (TPSA) is 27.1 Å². The Kier molecular flexibility index (Phi) is 4.31. The third kappa shape index (κ3) is 2.53. The minimum Gasteiger partial charge on any atom is -0.497 e. The Bertz CT molecular complexity index is 505. The number of nitrogens with zero attached hydrogens (tertiary/aromatic N) is 2. The van der Waals surface area contributed by atoms with Gasteiger partial charge in [-0.2, -0.15) is 0 Å². The van der Waals surface area contributed by atoms with Crippen molar-refractivity contribution in [1.29, 1.82) is 0 Å². The van der Waals surface area contributed by atoms with E-state index in [-0.39, 0.29) is 0 Å². The van der Waals surface area contributed by atoms with Gasteiger partial charge in [-0.05, 0) is 36.9 Å². The molecule has 0 unspecified atom stereocenters. The SMILES string of the molecule is CCCn1c(-c2ccc(OC)cc2)cnc1SC. The highest BCUT2D eigenvalue weighted by Crippen LogP contribution is 2.26. The molecular weight excluding hydrogens is 244 g/mol. The van der Waals surface area contributed by atoms with Gasteiger partial charge in [0.2, 0.25) is 0 Å². The van der Waals surface area contributed by atoms with Crippen LogP contribution in [0.4, 0.5) is 0 Å². The highest BCUT2D eigenvalue weighted by molar-refractivity contribution is 7.98. The van der Waals surface area contributed by atoms with Gasteiger partial charge >= 0.3 is 0 Å². The van der Waals surface area contributed by atoms with E-state index in [1.165, 1.54) is 11.3 Å². The Labute approximate surface area is 112 Å². The van der Waals surface area contributed by atoms with Crippen molar-refractivity contribution >= 4 is 11.8 Å². The number of aromatic nitrogens is 2. The van der Waals surface area contributed by atoms with Gasteiger partial charge in [-0.3, -0.25) is 0 Å². The Morgan fingerprint density at radius 2 is 2.00 bits per heavy atom. The number of hydrogen-bond acceptors (Lipinski definition) is 3. The second-order valence-electron chi connectivity index (χ2n) is 4.01. The number of hydrogen-bond donors (Lipinski definition) is 0. The summed E-state index contributed by atoms with van der Waals surface area (Å²) in [6.07, 6.45) is 5.11. The molecule has 0 atom stereocenters. The lowest BCUT2D eigenvalue weighted by Gasteiger charge is -2.10. The molecule has 0 saturated heterocycles. The molecule has 0 radical (unpaired) electrons. The summed E-state index contributed by atoms with van der Waals surface area (Å²) in [5, 5.41) is 1.07. The van der Waals surface area contributed by atoms with Gasteiger partial charge in [0, 0.05) is 12.1 Å². The monoisotopic (exact) mass is 262 g/mol. The first-order chi connectivity index (χ1) is 8.80. The van der Waals surface area contributed by atoms with Crippen LogP contribution in [0.25, 0.3) is 11.3 Å². The minimum absolute atomic E-state index is 0.880. The van der Waals surface area contributed by atoms with Crippen LogP contribution in [0.15, 0.2) is 35.6 Å². The van der Waals surface area contributed by atoms with Gasteiger partial charge in [0.05, 0.1) is 19.0 Å². The predicted molar refractivity (Wildman–Crippen MR) is 76.3 cm³/mol. The molecule has 18 heavy (non-hydrogen) atoms. The van der Waals surface area contributed by atoms with Crippen LogP contribution in [0, 0.1) is 0 Å². The molecule has 0 bridgehead atoms. The third-order valence-corrected chi connectivity index (χ3v) is 3.53. The summed E-state index contributed by atoms with van der Waals surface area (Å²) >= 11 is 1.69. The van der Waals surface area contributed by atoms with Gasteiger partial charge in [0.25, 0.3) is 0 Å². The highest BCUT2D eigenvalue weighted by Gasteiger charge is 2.10. The molecule has 1 aromatic carbocycles. The van der Waals surface area contributed by atoms with Crippen molar-refractivity contribution in [3.05, 3.63) is 30.5 Å². The quantitative estimate of drug-likeness (QED) is 0.769. The van der Waals surface area contributed by atoms with E-state index in [1.54, 1.807) is 18.9 Å². The molecule has 1 heterocycles. The van der Waals surface area contributed by atoms with Crippen molar-refractivity contribution in [1.82, 2.24) is 9.55 Å². The van der Waals surface area contributed by atoms with Crippen molar-refractivity contribution in [2.75, 3.05) is 13.4 Å². The summed E-state index contributed by atoms with van der Waals surface area (Å²) in [4.78, 5) is 4.47.